The minimum atomic E-state index is 0.0578. The van der Waals surface area contributed by atoms with Crippen LogP contribution in [0.1, 0.15) is 16.7 Å². The maximum absolute atomic E-state index is 8.99. The van der Waals surface area contributed by atoms with Crippen LogP contribution in [0.25, 0.3) is 0 Å². The van der Waals surface area contributed by atoms with Crippen molar-refractivity contribution in [3.8, 4) is 11.8 Å². The first-order valence-electron chi connectivity index (χ1n) is 4.03. The minimum absolute atomic E-state index is 0.0578. The summed E-state index contributed by atoms with van der Waals surface area (Å²) in [5, 5.41) is 8.99. The van der Waals surface area contributed by atoms with Crippen LogP contribution in [-0.2, 0) is 6.61 Å². The van der Waals surface area contributed by atoms with Crippen LogP contribution in [0.3, 0.4) is 0 Å². The van der Waals surface area contributed by atoms with Crippen molar-refractivity contribution < 1.29 is 5.11 Å². The second kappa shape index (κ2) is 4.91. The van der Waals surface area contributed by atoms with E-state index in [1.165, 1.54) is 0 Å². The number of benzene rings is 1. The van der Waals surface area contributed by atoms with Crippen LogP contribution in [0.4, 0.5) is 0 Å². The van der Waals surface area contributed by atoms with Gasteiger partial charge in [0.25, 0.3) is 0 Å². The molecule has 0 amide bonds. The Hall–Kier alpha value is -0.970. The highest BCUT2D eigenvalue weighted by molar-refractivity contribution is 6.19. The average molecular weight is 195 g/mol. The van der Waals surface area contributed by atoms with Crippen molar-refractivity contribution in [3.63, 3.8) is 0 Å². The monoisotopic (exact) mass is 194 g/mol. The van der Waals surface area contributed by atoms with E-state index in [-0.39, 0.29) is 6.61 Å². The van der Waals surface area contributed by atoms with E-state index in [0.29, 0.717) is 5.88 Å². The van der Waals surface area contributed by atoms with Gasteiger partial charge in [-0.05, 0) is 24.1 Å². The summed E-state index contributed by atoms with van der Waals surface area (Å²) in [5.74, 6) is 6.07. The van der Waals surface area contributed by atoms with Gasteiger partial charge in [0.15, 0.2) is 0 Å². The number of rotatable bonds is 1. The number of hydrogen-bond donors (Lipinski definition) is 1. The van der Waals surface area contributed by atoms with Gasteiger partial charge in [0.2, 0.25) is 0 Å². The van der Waals surface area contributed by atoms with Gasteiger partial charge in [0.05, 0.1) is 12.5 Å². The smallest absolute Gasteiger partial charge is 0.0839 e. The molecule has 0 aliphatic heterocycles. The molecule has 0 saturated carbocycles. The summed E-state index contributed by atoms with van der Waals surface area (Å²) in [6.07, 6.45) is 0. The van der Waals surface area contributed by atoms with Crippen molar-refractivity contribution in [2.24, 2.45) is 0 Å². The molecule has 0 saturated heterocycles. The van der Waals surface area contributed by atoms with Gasteiger partial charge in [-0.15, -0.1) is 11.6 Å². The fourth-order valence-corrected chi connectivity index (χ4v) is 1.19. The predicted octanol–water partition coefficient (Wildman–Crippen LogP) is 2.08. The first kappa shape index (κ1) is 10.1. The zero-order chi connectivity index (χ0) is 9.68. The van der Waals surface area contributed by atoms with Gasteiger partial charge in [-0.3, -0.25) is 0 Å². The molecule has 1 rings (SSSR count). The average Bonchev–Trinajstić information content (AvgIpc) is 2.16. The van der Waals surface area contributed by atoms with E-state index < -0.39 is 0 Å². The SMILES string of the molecule is Cc1c(C#CCCl)cccc1CO. The first-order valence-corrected chi connectivity index (χ1v) is 4.57. The van der Waals surface area contributed by atoms with E-state index in [0.717, 1.165) is 16.7 Å². The van der Waals surface area contributed by atoms with Crippen LogP contribution in [0, 0.1) is 18.8 Å². The third kappa shape index (κ3) is 2.48. The van der Waals surface area contributed by atoms with Crippen LogP contribution in [-0.4, -0.2) is 11.0 Å². The zero-order valence-corrected chi connectivity index (χ0v) is 8.23. The molecule has 0 aromatic heterocycles. The number of alkyl halides is 1. The Balaban J connectivity index is 3.08. The van der Waals surface area contributed by atoms with Crippen LogP contribution in [0.5, 0.6) is 0 Å². The number of aliphatic hydroxyl groups excluding tert-OH is 1. The summed E-state index contributed by atoms with van der Waals surface area (Å²) in [4.78, 5) is 0. The molecule has 1 aromatic carbocycles. The molecule has 0 atom stereocenters. The molecule has 2 heteroatoms. The van der Waals surface area contributed by atoms with E-state index >= 15 is 0 Å². The normalized spacial score (nSPS) is 9.15. The summed E-state index contributed by atoms with van der Waals surface area (Å²) < 4.78 is 0. The lowest BCUT2D eigenvalue weighted by Crippen LogP contribution is -1.91. The highest BCUT2D eigenvalue weighted by Crippen LogP contribution is 2.12. The Kier molecular flexibility index (Phi) is 3.82. The molecule has 0 aliphatic rings. The molecule has 0 spiro atoms. The molecule has 0 bridgehead atoms. The largest absolute Gasteiger partial charge is 0.392 e. The first-order chi connectivity index (χ1) is 6.29. The van der Waals surface area contributed by atoms with Gasteiger partial charge in [-0.25, -0.2) is 0 Å². The number of halogens is 1. The predicted molar refractivity (Wildman–Crippen MR) is 54.7 cm³/mol. The standard InChI is InChI=1S/C11H11ClO/c1-9-10(6-3-7-12)4-2-5-11(9)8-13/h2,4-5,13H,7-8H2,1H3. The number of aliphatic hydroxyl groups is 1. The molecule has 0 heterocycles. The molecule has 1 aromatic rings. The summed E-state index contributed by atoms with van der Waals surface area (Å²) in [5.41, 5.74) is 2.89. The Labute approximate surface area is 83.4 Å². The molecule has 0 aliphatic carbocycles. The van der Waals surface area contributed by atoms with Crippen molar-refractivity contribution in [1.82, 2.24) is 0 Å². The third-order valence-corrected chi connectivity index (χ3v) is 2.04. The minimum Gasteiger partial charge on any atom is -0.392 e. The molecule has 13 heavy (non-hydrogen) atoms. The molecule has 1 nitrogen and oxygen atoms in total. The highest BCUT2D eigenvalue weighted by atomic mass is 35.5. The van der Waals surface area contributed by atoms with Gasteiger partial charge in [-0.1, -0.05) is 24.0 Å². The van der Waals surface area contributed by atoms with Crippen LogP contribution >= 0.6 is 11.6 Å². The topological polar surface area (TPSA) is 20.2 Å². The summed E-state index contributed by atoms with van der Waals surface area (Å²) in [6.45, 7) is 2.01. The zero-order valence-electron chi connectivity index (χ0n) is 7.47. The van der Waals surface area contributed by atoms with Gasteiger partial charge in [0, 0.05) is 5.56 Å². The lowest BCUT2D eigenvalue weighted by molar-refractivity contribution is 0.281. The lowest BCUT2D eigenvalue weighted by atomic mass is 10.0. The molecule has 0 fully saturated rings. The fourth-order valence-electron chi connectivity index (χ4n) is 1.12. The van der Waals surface area contributed by atoms with E-state index in [1.54, 1.807) is 0 Å². The molecule has 68 valence electrons. The van der Waals surface area contributed by atoms with Crippen molar-refractivity contribution in [2.45, 2.75) is 13.5 Å². The van der Waals surface area contributed by atoms with E-state index in [4.69, 9.17) is 16.7 Å². The summed E-state index contributed by atoms with van der Waals surface area (Å²) in [6, 6.07) is 5.70. The molecule has 0 radical (unpaired) electrons. The van der Waals surface area contributed by atoms with Crippen molar-refractivity contribution in [3.05, 3.63) is 34.9 Å². The van der Waals surface area contributed by atoms with Crippen LogP contribution in [0.15, 0.2) is 18.2 Å². The molecule has 0 unspecified atom stereocenters. The fraction of sp³-hybridized carbons (Fsp3) is 0.273. The Morgan fingerprint density at radius 1 is 1.46 bits per heavy atom. The quantitative estimate of drug-likeness (QED) is 0.536. The van der Waals surface area contributed by atoms with Crippen LogP contribution < -0.4 is 0 Å². The van der Waals surface area contributed by atoms with Crippen molar-refractivity contribution in [1.29, 1.82) is 0 Å². The van der Waals surface area contributed by atoms with E-state index in [9.17, 15) is 0 Å². The van der Waals surface area contributed by atoms with Crippen molar-refractivity contribution in [2.75, 3.05) is 5.88 Å². The Morgan fingerprint density at radius 3 is 2.85 bits per heavy atom. The summed E-state index contributed by atoms with van der Waals surface area (Å²) in [7, 11) is 0. The van der Waals surface area contributed by atoms with Gasteiger partial charge in [0.1, 0.15) is 0 Å². The molecular formula is C11H11ClO. The van der Waals surface area contributed by atoms with Gasteiger partial charge >= 0.3 is 0 Å². The van der Waals surface area contributed by atoms with E-state index in [2.05, 4.69) is 11.8 Å². The lowest BCUT2D eigenvalue weighted by Gasteiger charge is -2.03. The Morgan fingerprint density at radius 2 is 2.23 bits per heavy atom. The van der Waals surface area contributed by atoms with Crippen molar-refractivity contribution >= 4 is 11.6 Å². The molecule has 1 N–H and O–H groups in total. The van der Waals surface area contributed by atoms with Crippen LogP contribution in [0.2, 0.25) is 0 Å². The van der Waals surface area contributed by atoms with Gasteiger partial charge < -0.3 is 5.11 Å². The van der Waals surface area contributed by atoms with E-state index in [1.807, 2.05) is 25.1 Å². The Bertz CT molecular complexity index is 347. The highest BCUT2D eigenvalue weighted by Gasteiger charge is 1.99. The van der Waals surface area contributed by atoms with Gasteiger partial charge in [-0.2, -0.15) is 0 Å². The maximum atomic E-state index is 8.99. The second-order valence-corrected chi connectivity index (χ2v) is 2.95. The third-order valence-electron chi connectivity index (χ3n) is 1.91. The maximum Gasteiger partial charge on any atom is 0.0839 e. The summed E-state index contributed by atoms with van der Waals surface area (Å²) >= 11 is 5.45. The number of hydrogen-bond acceptors (Lipinski definition) is 1. The molecular weight excluding hydrogens is 184 g/mol. The second-order valence-electron chi connectivity index (χ2n) is 2.68.